The van der Waals surface area contributed by atoms with E-state index in [1.165, 1.54) is 6.33 Å². The summed E-state index contributed by atoms with van der Waals surface area (Å²) >= 11 is 2.53. The van der Waals surface area contributed by atoms with Crippen molar-refractivity contribution >= 4 is 28.5 Å². The van der Waals surface area contributed by atoms with Gasteiger partial charge in [0.25, 0.3) is 5.91 Å². The van der Waals surface area contributed by atoms with Crippen LogP contribution in [0.25, 0.3) is 0 Å². The molecule has 0 radical (unpaired) electrons. The molecule has 1 aromatic rings. The summed E-state index contributed by atoms with van der Waals surface area (Å²) in [7, 11) is 0. The summed E-state index contributed by atoms with van der Waals surface area (Å²) in [6, 6.07) is 0. The fraction of sp³-hybridized carbons (Fsp3) is 0.615. The van der Waals surface area contributed by atoms with Crippen molar-refractivity contribution in [1.82, 2.24) is 14.9 Å². The molecule has 1 saturated heterocycles. The molecule has 98 valence electrons. The molecule has 2 rings (SSSR count). The number of piperidine rings is 1. The van der Waals surface area contributed by atoms with Crippen LogP contribution in [0.2, 0.25) is 0 Å². The van der Waals surface area contributed by atoms with Gasteiger partial charge in [-0.3, -0.25) is 4.79 Å². The molecular weight excluding hydrogens is 341 g/mol. The van der Waals surface area contributed by atoms with Crippen LogP contribution in [0.5, 0.6) is 0 Å². The zero-order valence-corrected chi connectivity index (χ0v) is 13.1. The minimum absolute atomic E-state index is 0.0428. The first-order valence-corrected chi connectivity index (χ1v) is 7.24. The number of amides is 1. The summed E-state index contributed by atoms with van der Waals surface area (Å²) in [5.74, 6) is 1.01. The molecule has 1 aliphatic rings. The molecule has 1 fully saturated rings. The molecule has 1 aliphatic heterocycles. The Labute approximate surface area is 121 Å². The lowest BCUT2D eigenvalue weighted by atomic mass is 9.80. The Bertz CT molecular complexity index is 421. The standard InChI is InChI=1S/C13H18IN3O/c1-9-6-17(7-10(2)13(9,3)14)12(18)11-4-15-8-16-5-11/h4-5,8-10H,6-7H2,1-3H3. The van der Waals surface area contributed by atoms with Crippen LogP contribution < -0.4 is 0 Å². The van der Waals surface area contributed by atoms with Gasteiger partial charge in [-0.15, -0.1) is 0 Å². The van der Waals surface area contributed by atoms with Gasteiger partial charge in [-0.25, -0.2) is 9.97 Å². The minimum atomic E-state index is 0.0428. The smallest absolute Gasteiger partial charge is 0.257 e. The quantitative estimate of drug-likeness (QED) is 0.572. The highest BCUT2D eigenvalue weighted by molar-refractivity contribution is 14.1. The molecule has 0 bridgehead atoms. The summed E-state index contributed by atoms with van der Waals surface area (Å²) in [5, 5.41) is 0. The average molecular weight is 359 g/mol. The minimum Gasteiger partial charge on any atom is -0.338 e. The molecule has 5 heteroatoms. The van der Waals surface area contributed by atoms with Crippen molar-refractivity contribution in [3.63, 3.8) is 0 Å². The number of nitrogens with zero attached hydrogens (tertiary/aromatic N) is 3. The van der Waals surface area contributed by atoms with Crippen LogP contribution in [0, 0.1) is 11.8 Å². The predicted octanol–water partition coefficient (Wildman–Crippen LogP) is 2.40. The Morgan fingerprint density at radius 1 is 1.33 bits per heavy atom. The monoisotopic (exact) mass is 359 g/mol. The topological polar surface area (TPSA) is 46.1 Å². The first kappa shape index (κ1) is 13.7. The molecule has 2 unspecified atom stereocenters. The van der Waals surface area contributed by atoms with E-state index >= 15 is 0 Å². The second kappa shape index (κ2) is 5.11. The molecular formula is C13H18IN3O. The van der Waals surface area contributed by atoms with E-state index in [9.17, 15) is 4.79 Å². The molecule has 4 nitrogen and oxygen atoms in total. The van der Waals surface area contributed by atoms with Crippen LogP contribution in [0.3, 0.4) is 0 Å². The van der Waals surface area contributed by atoms with Gasteiger partial charge in [0.05, 0.1) is 5.56 Å². The third kappa shape index (κ3) is 2.50. The van der Waals surface area contributed by atoms with E-state index in [2.05, 4.69) is 53.3 Å². The van der Waals surface area contributed by atoms with Gasteiger partial charge >= 0.3 is 0 Å². The molecule has 1 amide bonds. The van der Waals surface area contributed by atoms with E-state index in [1.807, 2.05) is 4.90 Å². The van der Waals surface area contributed by atoms with Gasteiger partial charge in [-0.1, -0.05) is 36.4 Å². The van der Waals surface area contributed by atoms with Crippen molar-refractivity contribution in [1.29, 1.82) is 0 Å². The highest BCUT2D eigenvalue weighted by Gasteiger charge is 2.41. The lowest BCUT2D eigenvalue weighted by Gasteiger charge is -2.45. The Balaban J connectivity index is 2.15. The van der Waals surface area contributed by atoms with Gasteiger partial charge in [-0.2, -0.15) is 0 Å². The summed E-state index contributed by atoms with van der Waals surface area (Å²) in [4.78, 5) is 22.1. The van der Waals surface area contributed by atoms with E-state index in [4.69, 9.17) is 0 Å². The largest absolute Gasteiger partial charge is 0.338 e. The lowest BCUT2D eigenvalue weighted by Crippen LogP contribution is -2.53. The average Bonchev–Trinajstić information content (AvgIpc) is 2.36. The first-order chi connectivity index (χ1) is 8.43. The molecule has 2 atom stereocenters. The highest BCUT2D eigenvalue weighted by atomic mass is 127. The van der Waals surface area contributed by atoms with Crippen molar-refractivity contribution in [3.8, 4) is 0 Å². The SMILES string of the molecule is CC1CN(C(=O)c2cncnc2)CC(C)C1(C)I. The number of halogens is 1. The molecule has 0 aliphatic carbocycles. The van der Waals surface area contributed by atoms with Crippen LogP contribution in [0.4, 0.5) is 0 Å². The lowest BCUT2D eigenvalue weighted by molar-refractivity contribution is 0.0579. The predicted molar refractivity (Wildman–Crippen MR) is 78.7 cm³/mol. The molecule has 18 heavy (non-hydrogen) atoms. The second-order valence-electron chi connectivity index (χ2n) is 5.29. The molecule has 0 saturated carbocycles. The summed E-state index contributed by atoms with van der Waals surface area (Å²) < 4.78 is 0.252. The van der Waals surface area contributed by atoms with Crippen molar-refractivity contribution in [2.75, 3.05) is 13.1 Å². The molecule has 0 spiro atoms. The van der Waals surface area contributed by atoms with Gasteiger partial charge < -0.3 is 4.90 Å². The van der Waals surface area contributed by atoms with Crippen molar-refractivity contribution < 1.29 is 4.79 Å². The first-order valence-electron chi connectivity index (χ1n) is 6.16. The van der Waals surface area contributed by atoms with Gasteiger partial charge in [0.2, 0.25) is 0 Å². The summed E-state index contributed by atoms with van der Waals surface area (Å²) in [5.41, 5.74) is 0.578. The van der Waals surface area contributed by atoms with Crippen LogP contribution in [-0.4, -0.2) is 37.3 Å². The van der Waals surface area contributed by atoms with E-state index in [0.717, 1.165) is 13.1 Å². The van der Waals surface area contributed by atoms with E-state index < -0.39 is 0 Å². The second-order valence-corrected chi connectivity index (χ2v) is 7.61. The van der Waals surface area contributed by atoms with Crippen molar-refractivity contribution in [2.45, 2.75) is 24.2 Å². The number of likely N-dealkylation sites (tertiary alicyclic amines) is 1. The third-order valence-electron chi connectivity index (χ3n) is 4.01. The van der Waals surface area contributed by atoms with Gasteiger partial charge in [0.1, 0.15) is 6.33 Å². The normalized spacial score (nSPS) is 32.3. The zero-order chi connectivity index (χ0) is 13.3. The zero-order valence-electron chi connectivity index (χ0n) is 10.9. The Morgan fingerprint density at radius 3 is 2.33 bits per heavy atom. The van der Waals surface area contributed by atoms with Crippen LogP contribution >= 0.6 is 22.6 Å². The van der Waals surface area contributed by atoms with E-state index in [-0.39, 0.29) is 9.33 Å². The number of alkyl halides is 1. The number of carbonyl (C=O) groups excluding carboxylic acids is 1. The fourth-order valence-electron chi connectivity index (χ4n) is 2.34. The highest BCUT2D eigenvalue weighted by Crippen LogP contribution is 2.40. The van der Waals surface area contributed by atoms with E-state index in [0.29, 0.717) is 17.4 Å². The molecule has 1 aromatic heterocycles. The Morgan fingerprint density at radius 2 is 1.83 bits per heavy atom. The summed E-state index contributed by atoms with van der Waals surface area (Å²) in [6.45, 7) is 8.30. The number of carbonyl (C=O) groups is 1. The van der Waals surface area contributed by atoms with Gasteiger partial charge in [0.15, 0.2) is 0 Å². The van der Waals surface area contributed by atoms with Crippen LogP contribution in [0.1, 0.15) is 31.1 Å². The number of rotatable bonds is 1. The number of hydrogen-bond acceptors (Lipinski definition) is 3. The number of aromatic nitrogens is 2. The van der Waals surface area contributed by atoms with Gasteiger partial charge in [-0.05, 0) is 18.8 Å². The molecule has 2 heterocycles. The fourth-order valence-corrected chi connectivity index (χ4v) is 2.73. The number of hydrogen-bond donors (Lipinski definition) is 0. The van der Waals surface area contributed by atoms with Crippen molar-refractivity contribution in [2.24, 2.45) is 11.8 Å². The third-order valence-corrected chi connectivity index (χ3v) is 6.14. The summed E-state index contributed by atoms with van der Waals surface area (Å²) in [6.07, 6.45) is 4.62. The molecule has 0 aromatic carbocycles. The van der Waals surface area contributed by atoms with Gasteiger partial charge in [0, 0.05) is 28.9 Å². The maximum absolute atomic E-state index is 12.3. The Kier molecular flexibility index (Phi) is 3.89. The van der Waals surface area contributed by atoms with Crippen LogP contribution in [-0.2, 0) is 0 Å². The molecule has 0 N–H and O–H groups in total. The Hall–Kier alpha value is -0.720. The maximum atomic E-state index is 12.3. The van der Waals surface area contributed by atoms with Crippen LogP contribution in [0.15, 0.2) is 18.7 Å². The maximum Gasteiger partial charge on any atom is 0.257 e. The van der Waals surface area contributed by atoms with Crippen molar-refractivity contribution in [3.05, 3.63) is 24.3 Å². The van der Waals surface area contributed by atoms with E-state index in [1.54, 1.807) is 12.4 Å².